The van der Waals surface area contributed by atoms with E-state index in [0.29, 0.717) is 12.2 Å². The van der Waals surface area contributed by atoms with Gasteiger partial charge in [-0.2, -0.15) is 0 Å². The number of carbonyl (C=O) groups is 1. The average Bonchev–Trinajstić information content (AvgIpc) is 2.90. The number of sulfonamides is 1. The van der Waals surface area contributed by atoms with E-state index in [1.54, 1.807) is 17.4 Å². The van der Waals surface area contributed by atoms with Crippen molar-refractivity contribution in [3.8, 4) is 0 Å². The van der Waals surface area contributed by atoms with Crippen molar-refractivity contribution in [2.24, 2.45) is 5.14 Å². The number of nitrogens with two attached hydrogens (primary N) is 1. The van der Waals surface area contributed by atoms with Gasteiger partial charge >= 0.3 is 5.97 Å². The predicted octanol–water partition coefficient (Wildman–Crippen LogP) is 2.13. The molecule has 8 heteroatoms. The molecule has 2 rings (SSSR count). The van der Waals surface area contributed by atoms with E-state index in [1.165, 1.54) is 29.7 Å². The summed E-state index contributed by atoms with van der Waals surface area (Å²) in [6.07, 6.45) is 0. The number of aryl methyl sites for hydroxylation is 1. The van der Waals surface area contributed by atoms with Crippen LogP contribution in [0.4, 0.5) is 5.69 Å². The van der Waals surface area contributed by atoms with Gasteiger partial charge in [0.25, 0.3) is 0 Å². The smallest absolute Gasteiger partial charge is 0.340 e. The molecule has 0 saturated heterocycles. The van der Waals surface area contributed by atoms with Gasteiger partial charge in [0.1, 0.15) is 0 Å². The predicted molar refractivity (Wildman–Crippen MR) is 90.3 cm³/mol. The van der Waals surface area contributed by atoms with Crippen molar-refractivity contribution in [3.63, 3.8) is 0 Å². The number of hydrogen-bond acceptors (Lipinski definition) is 6. The van der Waals surface area contributed by atoms with Crippen LogP contribution in [0.25, 0.3) is 0 Å². The van der Waals surface area contributed by atoms with Crippen LogP contribution >= 0.6 is 11.3 Å². The van der Waals surface area contributed by atoms with Gasteiger partial charge in [0.05, 0.1) is 29.8 Å². The Morgan fingerprint density at radius 2 is 2.04 bits per heavy atom. The zero-order valence-corrected chi connectivity index (χ0v) is 14.7. The molecule has 124 valence electrons. The Hall–Kier alpha value is -1.90. The van der Waals surface area contributed by atoms with E-state index in [9.17, 15) is 13.2 Å². The molecule has 0 fully saturated rings. The summed E-state index contributed by atoms with van der Waals surface area (Å²) in [5.41, 5.74) is 1.91. The van der Waals surface area contributed by atoms with Crippen molar-refractivity contribution < 1.29 is 17.9 Å². The second-order valence-electron chi connectivity index (χ2n) is 5.10. The van der Waals surface area contributed by atoms with Crippen LogP contribution < -0.4 is 10.0 Å². The van der Waals surface area contributed by atoms with E-state index in [4.69, 9.17) is 9.88 Å². The lowest BCUT2D eigenvalue weighted by Gasteiger charge is -2.22. The van der Waals surface area contributed by atoms with E-state index >= 15 is 0 Å². The molecule has 1 aromatic carbocycles. The highest BCUT2D eigenvalue weighted by Gasteiger charge is 2.19. The number of anilines is 1. The highest BCUT2D eigenvalue weighted by molar-refractivity contribution is 7.89. The van der Waals surface area contributed by atoms with Gasteiger partial charge in [-0.1, -0.05) is 0 Å². The first-order valence-electron chi connectivity index (χ1n) is 6.73. The number of ether oxygens (including phenoxy) is 1. The molecule has 0 spiro atoms. The molecular weight excluding hydrogens is 336 g/mol. The Bertz CT molecular complexity index is 828. The summed E-state index contributed by atoms with van der Waals surface area (Å²) in [5, 5.41) is 7.13. The normalized spacial score (nSPS) is 11.3. The third-order valence-electron chi connectivity index (χ3n) is 3.46. The minimum Gasteiger partial charge on any atom is -0.465 e. The Morgan fingerprint density at radius 3 is 2.57 bits per heavy atom. The third-order valence-corrected chi connectivity index (χ3v) is 5.38. The molecule has 0 aliphatic rings. The number of rotatable bonds is 5. The van der Waals surface area contributed by atoms with Gasteiger partial charge in [0.15, 0.2) is 0 Å². The van der Waals surface area contributed by atoms with Gasteiger partial charge < -0.3 is 9.64 Å². The monoisotopic (exact) mass is 354 g/mol. The summed E-state index contributed by atoms with van der Waals surface area (Å²) in [5.74, 6) is -0.611. The molecule has 1 heterocycles. The van der Waals surface area contributed by atoms with Gasteiger partial charge in [-0.3, -0.25) is 0 Å². The average molecular weight is 354 g/mol. The fraction of sp³-hybridized carbons (Fsp3) is 0.267. The van der Waals surface area contributed by atoms with Crippen molar-refractivity contribution in [2.75, 3.05) is 19.1 Å². The van der Waals surface area contributed by atoms with Crippen LogP contribution in [-0.4, -0.2) is 28.5 Å². The molecule has 0 bridgehead atoms. The second kappa shape index (κ2) is 6.69. The Balaban J connectivity index is 2.44. The van der Waals surface area contributed by atoms with E-state index in [1.807, 2.05) is 30.3 Å². The van der Waals surface area contributed by atoms with Crippen LogP contribution in [0.3, 0.4) is 0 Å². The van der Waals surface area contributed by atoms with Crippen LogP contribution in [-0.2, 0) is 21.3 Å². The summed E-state index contributed by atoms with van der Waals surface area (Å²) in [4.78, 5) is 14.9. The van der Waals surface area contributed by atoms with E-state index in [2.05, 4.69) is 0 Å². The number of methoxy groups -OCH3 is 1. The van der Waals surface area contributed by atoms with Crippen LogP contribution in [0.5, 0.6) is 0 Å². The first-order chi connectivity index (χ1) is 10.7. The maximum Gasteiger partial charge on any atom is 0.340 e. The van der Waals surface area contributed by atoms with E-state index in [0.717, 1.165) is 0 Å². The standard InChI is InChI=1S/C15H18N2O4S2/c1-10-6-7-22-14(10)9-17(2)13-5-4-11(23(16,19)20)8-12(13)15(18)21-3/h4-8H,9H2,1-3H3,(H2,16,19,20). The molecule has 2 N–H and O–H groups in total. The van der Waals surface area contributed by atoms with Gasteiger partial charge in [-0.25, -0.2) is 18.4 Å². The first kappa shape index (κ1) is 17.5. The van der Waals surface area contributed by atoms with Crippen LogP contribution in [0.15, 0.2) is 34.5 Å². The number of hydrogen-bond donors (Lipinski definition) is 1. The lowest BCUT2D eigenvalue weighted by molar-refractivity contribution is 0.0601. The topological polar surface area (TPSA) is 89.7 Å². The second-order valence-corrected chi connectivity index (χ2v) is 7.66. The molecule has 0 atom stereocenters. The summed E-state index contributed by atoms with van der Waals surface area (Å²) < 4.78 is 27.7. The number of carbonyl (C=O) groups excluding carboxylic acids is 1. The van der Waals surface area contributed by atoms with Crippen molar-refractivity contribution in [1.29, 1.82) is 0 Å². The van der Waals surface area contributed by atoms with Crippen molar-refractivity contribution >= 4 is 33.0 Å². The zero-order chi connectivity index (χ0) is 17.2. The van der Waals surface area contributed by atoms with Gasteiger partial charge in [0, 0.05) is 11.9 Å². The highest BCUT2D eigenvalue weighted by Crippen LogP contribution is 2.27. The number of esters is 1. The molecule has 6 nitrogen and oxygen atoms in total. The molecule has 0 amide bonds. The highest BCUT2D eigenvalue weighted by atomic mass is 32.2. The van der Waals surface area contributed by atoms with Crippen molar-refractivity contribution in [1.82, 2.24) is 0 Å². The minimum atomic E-state index is -3.89. The zero-order valence-electron chi connectivity index (χ0n) is 13.1. The molecule has 23 heavy (non-hydrogen) atoms. The summed E-state index contributed by atoms with van der Waals surface area (Å²) in [6, 6.07) is 6.22. The fourth-order valence-electron chi connectivity index (χ4n) is 2.17. The van der Waals surface area contributed by atoms with E-state index in [-0.39, 0.29) is 10.5 Å². The number of nitrogens with zero attached hydrogens (tertiary/aromatic N) is 1. The van der Waals surface area contributed by atoms with Gasteiger partial charge in [-0.05, 0) is 42.1 Å². The molecule has 0 radical (unpaired) electrons. The lowest BCUT2D eigenvalue weighted by atomic mass is 10.1. The van der Waals surface area contributed by atoms with Crippen LogP contribution in [0.2, 0.25) is 0 Å². The van der Waals surface area contributed by atoms with Gasteiger partial charge in [0.2, 0.25) is 10.0 Å². The van der Waals surface area contributed by atoms with E-state index < -0.39 is 16.0 Å². The molecule has 1 aromatic heterocycles. The quantitative estimate of drug-likeness (QED) is 0.831. The first-order valence-corrected chi connectivity index (χ1v) is 9.16. The lowest BCUT2D eigenvalue weighted by Crippen LogP contribution is -2.21. The molecule has 0 unspecified atom stereocenters. The summed E-state index contributed by atoms with van der Waals surface area (Å²) in [6.45, 7) is 2.62. The molecule has 2 aromatic rings. The molecule has 0 aliphatic carbocycles. The fourth-order valence-corrected chi connectivity index (χ4v) is 3.66. The van der Waals surface area contributed by atoms with Crippen molar-refractivity contribution in [2.45, 2.75) is 18.4 Å². The van der Waals surface area contributed by atoms with Crippen LogP contribution in [0.1, 0.15) is 20.8 Å². The summed E-state index contributed by atoms with van der Waals surface area (Å²) >= 11 is 1.63. The SMILES string of the molecule is COC(=O)c1cc(S(N)(=O)=O)ccc1N(C)Cc1sccc1C. The maximum atomic E-state index is 12.0. The Morgan fingerprint density at radius 1 is 1.35 bits per heavy atom. The maximum absolute atomic E-state index is 12.0. The number of primary sulfonamides is 1. The number of thiophene rings is 1. The Kier molecular flexibility index (Phi) is 5.08. The Labute approximate surface area is 139 Å². The van der Waals surface area contributed by atoms with Crippen LogP contribution in [0, 0.1) is 6.92 Å². The molecule has 0 saturated carbocycles. The van der Waals surface area contributed by atoms with Gasteiger partial charge in [-0.15, -0.1) is 11.3 Å². The summed E-state index contributed by atoms with van der Waals surface area (Å²) in [7, 11) is -0.810. The third kappa shape index (κ3) is 3.90. The number of benzene rings is 1. The largest absolute Gasteiger partial charge is 0.465 e. The van der Waals surface area contributed by atoms with Crippen molar-refractivity contribution in [3.05, 3.63) is 45.6 Å². The molecule has 0 aliphatic heterocycles. The molecular formula is C15H18N2O4S2. The minimum absolute atomic E-state index is 0.123.